The fourth-order valence-corrected chi connectivity index (χ4v) is 3.17. The summed E-state index contributed by atoms with van der Waals surface area (Å²) >= 11 is 0. The molecule has 1 aliphatic carbocycles. The molecular weight excluding hydrogens is 250 g/mol. The molecule has 0 aromatic heterocycles. The van der Waals surface area contributed by atoms with Crippen molar-refractivity contribution >= 4 is 5.97 Å². The van der Waals surface area contributed by atoms with Crippen molar-refractivity contribution in [1.82, 2.24) is 5.32 Å². The second-order valence-electron chi connectivity index (χ2n) is 6.08. The molecule has 1 fully saturated rings. The fraction of sp³-hybridized carbons (Fsp3) is 0.588. The van der Waals surface area contributed by atoms with Gasteiger partial charge in [-0.15, -0.1) is 0 Å². The Morgan fingerprint density at radius 2 is 2.05 bits per heavy atom. The normalized spacial score (nSPS) is 17.3. The van der Waals surface area contributed by atoms with Gasteiger partial charge in [0.25, 0.3) is 0 Å². The molecule has 1 aliphatic rings. The lowest BCUT2D eigenvalue weighted by Crippen LogP contribution is -2.39. The Kier molecular flexibility index (Phi) is 5.18. The average Bonchev–Trinajstić information content (AvgIpc) is 2.84. The van der Waals surface area contributed by atoms with Gasteiger partial charge in [-0.3, -0.25) is 4.79 Å². The summed E-state index contributed by atoms with van der Waals surface area (Å²) in [6.45, 7) is 4.19. The van der Waals surface area contributed by atoms with Crippen LogP contribution in [0.25, 0.3) is 0 Å². The number of hydrogen-bond donors (Lipinski definition) is 2. The highest BCUT2D eigenvalue weighted by molar-refractivity contribution is 5.67. The summed E-state index contributed by atoms with van der Waals surface area (Å²) < 4.78 is 0. The van der Waals surface area contributed by atoms with Gasteiger partial charge in [0.05, 0.1) is 6.42 Å². The molecule has 3 nitrogen and oxygen atoms in total. The van der Waals surface area contributed by atoms with E-state index in [0.717, 1.165) is 6.42 Å². The largest absolute Gasteiger partial charge is 0.481 e. The van der Waals surface area contributed by atoms with Gasteiger partial charge in [-0.05, 0) is 44.2 Å². The SMILES string of the molecule is Cc1ccc(CC(CC(=O)O)NC2CCCC2)c(C)c1. The minimum atomic E-state index is -0.717. The van der Waals surface area contributed by atoms with Gasteiger partial charge in [0.2, 0.25) is 0 Å². The molecule has 110 valence electrons. The van der Waals surface area contributed by atoms with E-state index in [-0.39, 0.29) is 12.5 Å². The smallest absolute Gasteiger partial charge is 0.304 e. The quantitative estimate of drug-likeness (QED) is 0.838. The Bertz CT molecular complexity index is 464. The Labute approximate surface area is 121 Å². The molecule has 1 unspecified atom stereocenters. The van der Waals surface area contributed by atoms with E-state index in [1.165, 1.54) is 42.4 Å². The van der Waals surface area contributed by atoms with Crippen molar-refractivity contribution in [3.8, 4) is 0 Å². The minimum Gasteiger partial charge on any atom is -0.481 e. The van der Waals surface area contributed by atoms with E-state index in [2.05, 4.69) is 37.4 Å². The number of carboxylic acid groups (broad SMARTS) is 1. The number of nitrogens with one attached hydrogen (secondary N) is 1. The van der Waals surface area contributed by atoms with Crippen LogP contribution in [0.2, 0.25) is 0 Å². The van der Waals surface area contributed by atoms with E-state index in [9.17, 15) is 4.79 Å². The molecule has 2 rings (SSSR count). The number of carbonyl (C=O) groups is 1. The Morgan fingerprint density at radius 1 is 1.35 bits per heavy atom. The average molecular weight is 275 g/mol. The molecule has 0 heterocycles. The molecule has 3 heteroatoms. The molecule has 1 aromatic rings. The van der Waals surface area contributed by atoms with E-state index >= 15 is 0 Å². The van der Waals surface area contributed by atoms with Gasteiger partial charge in [-0.1, -0.05) is 36.6 Å². The van der Waals surface area contributed by atoms with Crippen LogP contribution < -0.4 is 5.32 Å². The monoisotopic (exact) mass is 275 g/mol. The summed E-state index contributed by atoms with van der Waals surface area (Å²) in [4.78, 5) is 11.1. The molecule has 0 amide bonds. The lowest BCUT2D eigenvalue weighted by molar-refractivity contribution is -0.137. The standard InChI is InChI=1S/C17H25NO2/c1-12-7-8-14(13(2)9-12)10-16(11-17(19)20)18-15-5-3-4-6-15/h7-9,15-16,18H,3-6,10-11H2,1-2H3,(H,19,20). The molecule has 1 aromatic carbocycles. The maximum atomic E-state index is 11.1. The van der Waals surface area contributed by atoms with Crippen LogP contribution in [-0.4, -0.2) is 23.2 Å². The second kappa shape index (κ2) is 6.89. The van der Waals surface area contributed by atoms with Crippen LogP contribution >= 0.6 is 0 Å². The molecule has 2 N–H and O–H groups in total. The summed E-state index contributed by atoms with van der Waals surface area (Å²) in [7, 11) is 0. The van der Waals surface area contributed by atoms with Crippen LogP contribution in [0.1, 0.15) is 48.8 Å². The number of carboxylic acids is 1. The van der Waals surface area contributed by atoms with Crippen LogP contribution in [0.3, 0.4) is 0 Å². The molecular formula is C17H25NO2. The first-order valence-corrected chi connectivity index (χ1v) is 7.58. The number of hydrogen-bond acceptors (Lipinski definition) is 2. The summed E-state index contributed by atoms with van der Waals surface area (Å²) in [6, 6.07) is 6.95. The third kappa shape index (κ3) is 4.34. The molecule has 0 radical (unpaired) electrons. The van der Waals surface area contributed by atoms with Gasteiger partial charge < -0.3 is 10.4 Å². The van der Waals surface area contributed by atoms with Crippen LogP contribution in [0.15, 0.2) is 18.2 Å². The maximum Gasteiger partial charge on any atom is 0.304 e. The van der Waals surface area contributed by atoms with Crippen molar-refractivity contribution in [1.29, 1.82) is 0 Å². The lowest BCUT2D eigenvalue weighted by atomic mass is 9.97. The Morgan fingerprint density at radius 3 is 2.65 bits per heavy atom. The third-order valence-corrected chi connectivity index (χ3v) is 4.21. The predicted octanol–water partition coefficient (Wildman–Crippen LogP) is 3.22. The Balaban J connectivity index is 2.03. The topological polar surface area (TPSA) is 49.3 Å². The van der Waals surface area contributed by atoms with Gasteiger partial charge in [-0.25, -0.2) is 0 Å². The van der Waals surface area contributed by atoms with Crippen molar-refractivity contribution in [2.24, 2.45) is 0 Å². The van der Waals surface area contributed by atoms with Gasteiger partial charge in [0.15, 0.2) is 0 Å². The maximum absolute atomic E-state index is 11.1. The summed E-state index contributed by atoms with van der Waals surface area (Å²) in [6.07, 6.45) is 5.90. The van der Waals surface area contributed by atoms with E-state index in [1.54, 1.807) is 0 Å². The fourth-order valence-electron chi connectivity index (χ4n) is 3.17. The summed E-state index contributed by atoms with van der Waals surface area (Å²) in [5, 5.41) is 12.7. The summed E-state index contributed by atoms with van der Waals surface area (Å²) in [5.74, 6) is -0.717. The number of rotatable bonds is 6. The first-order chi connectivity index (χ1) is 9.54. The van der Waals surface area contributed by atoms with Crippen LogP contribution in [0, 0.1) is 13.8 Å². The zero-order valence-electron chi connectivity index (χ0n) is 12.5. The molecule has 20 heavy (non-hydrogen) atoms. The van der Waals surface area contributed by atoms with Crippen LogP contribution in [-0.2, 0) is 11.2 Å². The molecule has 0 bridgehead atoms. The van der Waals surface area contributed by atoms with Gasteiger partial charge >= 0.3 is 5.97 Å². The lowest BCUT2D eigenvalue weighted by Gasteiger charge is -2.22. The van der Waals surface area contributed by atoms with Gasteiger partial charge in [0, 0.05) is 12.1 Å². The first kappa shape index (κ1) is 15.0. The predicted molar refractivity (Wildman–Crippen MR) is 81.1 cm³/mol. The van der Waals surface area contributed by atoms with E-state index in [1.807, 2.05) is 0 Å². The third-order valence-electron chi connectivity index (χ3n) is 4.21. The van der Waals surface area contributed by atoms with Crippen LogP contribution in [0.4, 0.5) is 0 Å². The van der Waals surface area contributed by atoms with E-state index < -0.39 is 5.97 Å². The number of benzene rings is 1. The highest BCUT2D eigenvalue weighted by Gasteiger charge is 2.21. The highest BCUT2D eigenvalue weighted by Crippen LogP contribution is 2.20. The molecule has 0 saturated heterocycles. The number of aryl methyl sites for hydroxylation is 2. The van der Waals surface area contributed by atoms with Crippen molar-refractivity contribution in [3.05, 3.63) is 34.9 Å². The molecule has 1 atom stereocenters. The Hall–Kier alpha value is -1.35. The highest BCUT2D eigenvalue weighted by atomic mass is 16.4. The molecule has 0 spiro atoms. The van der Waals surface area contributed by atoms with Crippen LogP contribution in [0.5, 0.6) is 0 Å². The molecule has 1 saturated carbocycles. The second-order valence-corrected chi connectivity index (χ2v) is 6.08. The molecule has 0 aliphatic heterocycles. The van der Waals surface area contributed by atoms with Crippen molar-refractivity contribution in [3.63, 3.8) is 0 Å². The first-order valence-electron chi connectivity index (χ1n) is 7.58. The zero-order chi connectivity index (χ0) is 14.5. The van der Waals surface area contributed by atoms with E-state index in [0.29, 0.717) is 6.04 Å². The minimum absolute atomic E-state index is 0.0389. The van der Waals surface area contributed by atoms with Crippen molar-refractivity contribution in [2.75, 3.05) is 0 Å². The van der Waals surface area contributed by atoms with Gasteiger partial charge in [-0.2, -0.15) is 0 Å². The van der Waals surface area contributed by atoms with Crippen molar-refractivity contribution in [2.45, 2.75) is 64.5 Å². The van der Waals surface area contributed by atoms with E-state index in [4.69, 9.17) is 5.11 Å². The number of aliphatic carboxylic acids is 1. The summed E-state index contributed by atoms with van der Waals surface area (Å²) in [5.41, 5.74) is 3.77. The van der Waals surface area contributed by atoms with Gasteiger partial charge in [0.1, 0.15) is 0 Å². The van der Waals surface area contributed by atoms with Crippen molar-refractivity contribution < 1.29 is 9.90 Å². The zero-order valence-corrected chi connectivity index (χ0v) is 12.5.